The topological polar surface area (TPSA) is 137 Å². The highest BCUT2D eigenvalue weighted by Gasteiger charge is 2.27. The molecular formula is C19H25N5O6S. The van der Waals surface area contributed by atoms with E-state index >= 15 is 0 Å². The van der Waals surface area contributed by atoms with Gasteiger partial charge in [-0.2, -0.15) is 9.40 Å². The molecule has 0 atom stereocenters. The van der Waals surface area contributed by atoms with E-state index < -0.39 is 20.9 Å². The Balaban J connectivity index is 1.74. The molecule has 12 heteroatoms. The monoisotopic (exact) mass is 451 g/mol. The number of aryl methyl sites for hydroxylation is 1. The number of nitrogens with one attached hydrogen (secondary N) is 1. The molecule has 1 saturated heterocycles. The standard InChI is InChI=1S/C19H25N5O6S/c1-2-30-18-7-6-16(31(28,29)23-9-4-3-5-10-23)12-17(18)21-19(25)8-11-22-14-15(13-20-22)24(26)27/h6-7,12-14H,2-5,8-11H2,1H3,(H,21,25). The van der Waals surface area contributed by atoms with Crippen LogP contribution in [0.3, 0.4) is 0 Å². The van der Waals surface area contributed by atoms with E-state index in [9.17, 15) is 23.3 Å². The van der Waals surface area contributed by atoms with Gasteiger partial charge in [0.05, 0.1) is 22.1 Å². The molecule has 0 aliphatic carbocycles. The van der Waals surface area contributed by atoms with Gasteiger partial charge in [-0.25, -0.2) is 8.42 Å². The number of sulfonamides is 1. The Morgan fingerprint density at radius 2 is 2.03 bits per heavy atom. The van der Waals surface area contributed by atoms with E-state index in [0.717, 1.165) is 25.5 Å². The fourth-order valence-corrected chi connectivity index (χ4v) is 4.84. The Morgan fingerprint density at radius 3 is 2.68 bits per heavy atom. The number of anilines is 1. The van der Waals surface area contributed by atoms with Gasteiger partial charge in [0.1, 0.15) is 18.1 Å². The number of benzene rings is 1. The molecule has 2 heterocycles. The van der Waals surface area contributed by atoms with Crippen LogP contribution in [0.2, 0.25) is 0 Å². The van der Waals surface area contributed by atoms with Crippen molar-refractivity contribution >= 4 is 27.3 Å². The fraction of sp³-hybridized carbons (Fsp3) is 0.474. The van der Waals surface area contributed by atoms with Gasteiger partial charge in [-0.3, -0.25) is 19.6 Å². The number of carbonyl (C=O) groups excluding carboxylic acids is 1. The maximum Gasteiger partial charge on any atom is 0.306 e. The minimum absolute atomic E-state index is 0.00645. The average molecular weight is 452 g/mol. The Morgan fingerprint density at radius 1 is 1.29 bits per heavy atom. The number of nitro groups is 1. The fourth-order valence-electron chi connectivity index (χ4n) is 3.30. The van der Waals surface area contributed by atoms with Crippen molar-refractivity contribution in [2.24, 2.45) is 0 Å². The van der Waals surface area contributed by atoms with Crippen molar-refractivity contribution in [1.29, 1.82) is 0 Å². The summed E-state index contributed by atoms with van der Waals surface area (Å²) in [6, 6.07) is 4.42. The summed E-state index contributed by atoms with van der Waals surface area (Å²) in [5, 5.41) is 17.3. The molecule has 1 fully saturated rings. The summed E-state index contributed by atoms with van der Waals surface area (Å²) in [6.07, 6.45) is 5.01. The number of nitrogens with zero attached hydrogens (tertiary/aromatic N) is 4. The van der Waals surface area contributed by atoms with Crippen molar-refractivity contribution in [3.63, 3.8) is 0 Å². The zero-order valence-electron chi connectivity index (χ0n) is 17.2. The molecule has 2 aromatic rings. The van der Waals surface area contributed by atoms with Crippen LogP contribution in [0, 0.1) is 10.1 Å². The van der Waals surface area contributed by atoms with E-state index in [0.29, 0.717) is 25.4 Å². The summed E-state index contributed by atoms with van der Waals surface area (Å²) < 4.78 is 34.2. The molecule has 0 unspecified atom stereocenters. The van der Waals surface area contributed by atoms with Gasteiger partial charge in [0, 0.05) is 26.1 Å². The van der Waals surface area contributed by atoms with Crippen LogP contribution < -0.4 is 10.1 Å². The first kappa shape index (κ1) is 22.7. The molecule has 168 valence electrons. The molecular weight excluding hydrogens is 426 g/mol. The maximum atomic E-state index is 13.0. The van der Waals surface area contributed by atoms with Crippen LogP contribution in [0.5, 0.6) is 5.75 Å². The second-order valence-corrected chi connectivity index (χ2v) is 9.01. The predicted octanol–water partition coefficient (Wildman–Crippen LogP) is 2.39. The van der Waals surface area contributed by atoms with E-state index in [1.807, 2.05) is 0 Å². The largest absolute Gasteiger partial charge is 0.492 e. The SMILES string of the molecule is CCOc1ccc(S(=O)(=O)N2CCCCC2)cc1NC(=O)CCn1cc([N+](=O)[O-])cn1. The van der Waals surface area contributed by atoms with Crippen molar-refractivity contribution in [3.8, 4) is 5.75 Å². The maximum absolute atomic E-state index is 13.0. The molecule has 11 nitrogen and oxygen atoms in total. The van der Waals surface area contributed by atoms with Gasteiger partial charge in [0.25, 0.3) is 0 Å². The third kappa shape index (κ3) is 5.58. The van der Waals surface area contributed by atoms with Gasteiger partial charge in [0.2, 0.25) is 15.9 Å². The lowest BCUT2D eigenvalue weighted by Gasteiger charge is -2.26. The minimum Gasteiger partial charge on any atom is -0.492 e. The summed E-state index contributed by atoms with van der Waals surface area (Å²) >= 11 is 0. The summed E-state index contributed by atoms with van der Waals surface area (Å²) in [7, 11) is -3.66. The predicted molar refractivity (Wildman–Crippen MR) is 112 cm³/mol. The lowest BCUT2D eigenvalue weighted by atomic mass is 10.2. The Labute approximate surface area is 180 Å². The van der Waals surface area contributed by atoms with Gasteiger partial charge < -0.3 is 10.1 Å². The molecule has 1 aromatic heterocycles. The van der Waals surface area contributed by atoms with Gasteiger partial charge in [0.15, 0.2) is 0 Å². The van der Waals surface area contributed by atoms with E-state index in [1.165, 1.54) is 33.4 Å². The van der Waals surface area contributed by atoms with Crippen LogP contribution in [0.15, 0.2) is 35.5 Å². The summed E-state index contributed by atoms with van der Waals surface area (Å²) in [5.41, 5.74) is 0.103. The van der Waals surface area contributed by atoms with Crippen LogP contribution in [0.1, 0.15) is 32.6 Å². The molecule has 0 saturated carbocycles. The summed E-state index contributed by atoms with van der Waals surface area (Å²) in [4.78, 5) is 22.7. The van der Waals surface area contributed by atoms with Gasteiger partial charge in [-0.1, -0.05) is 6.42 Å². The Bertz CT molecular complexity index is 1050. The number of hydrogen-bond acceptors (Lipinski definition) is 7. The molecule has 1 aliphatic heterocycles. The molecule has 0 spiro atoms. The number of amides is 1. The quantitative estimate of drug-likeness (QED) is 0.456. The molecule has 1 N–H and O–H groups in total. The van der Waals surface area contributed by atoms with Crippen LogP contribution >= 0.6 is 0 Å². The van der Waals surface area contributed by atoms with Crippen molar-refractivity contribution in [2.45, 2.75) is 44.0 Å². The molecule has 1 aliphatic rings. The number of aromatic nitrogens is 2. The third-order valence-electron chi connectivity index (χ3n) is 4.88. The number of rotatable bonds is 9. The first-order chi connectivity index (χ1) is 14.8. The van der Waals surface area contributed by atoms with Crippen molar-refractivity contribution < 1.29 is 22.9 Å². The molecule has 1 aromatic carbocycles. The number of carbonyl (C=O) groups is 1. The normalized spacial score (nSPS) is 14.9. The minimum atomic E-state index is -3.66. The lowest BCUT2D eigenvalue weighted by Crippen LogP contribution is -2.35. The highest BCUT2D eigenvalue weighted by molar-refractivity contribution is 7.89. The molecule has 3 rings (SSSR count). The number of piperidine rings is 1. The van der Waals surface area contributed by atoms with E-state index in [-0.39, 0.29) is 29.2 Å². The van der Waals surface area contributed by atoms with Gasteiger partial charge in [-0.05, 0) is 38.0 Å². The van der Waals surface area contributed by atoms with Crippen LogP contribution in [-0.4, -0.2) is 53.0 Å². The lowest BCUT2D eigenvalue weighted by molar-refractivity contribution is -0.385. The first-order valence-electron chi connectivity index (χ1n) is 10.0. The van der Waals surface area contributed by atoms with Crippen molar-refractivity contribution in [1.82, 2.24) is 14.1 Å². The molecule has 31 heavy (non-hydrogen) atoms. The van der Waals surface area contributed by atoms with Crippen LogP contribution in [0.25, 0.3) is 0 Å². The summed E-state index contributed by atoms with van der Waals surface area (Å²) in [6.45, 7) is 3.22. The highest BCUT2D eigenvalue weighted by atomic mass is 32.2. The average Bonchev–Trinajstić information content (AvgIpc) is 3.24. The molecule has 0 bridgehead atoms. The number of hydrogen-bond donors (Lipinski definition) is 1. The smallest absolute Gasteiger partial charge is 0.306 e. The van der Waals surface area contributed by atoms with Gasteiger partial charge in [-0.15, -0.1) is 0 Å². The second kappa shape index (κ2) is 9.88. The second-order valence-electron chi connectivity index (χ2n) is 7.07. The first-order valence-corrected chi connectivity index (χ1v) is 11.5. The Kier molecular flexibility index (Phi) is 7.23. The van der Waals surface area contributed by atoms with Crippen molar-refractivity contribution in [2.75, 3.05) is 25.0 Å². The zero-order chi connectivity index (χ0) is 22.4. The van der Waals surface area contributed by atoms with Crippen LogP contribution in [-0.2, 0) is 21.4 Å². The third-order valence-corrected chi connectivity index (χ3v) is 6.77. The highest BCUT2D eigenvalue weighted by Crippen LogP contribution is 2.30. The van der Waals surface area contributed by atoms with Crippen molar-refractivity contribution in [3.05, 3.63) is 40.7 Å². The Hall–Kier alpha value is -2.99. The summed E-state index contributed by atoms with van der Waals surface area (Å²) in [5.74, 6) is -0.0326. The van der Waals surface area contributed by atoms with E-state index in [4.69, 9.17) is 4.74 Å². The molecule has 0 radical (unpaired) electrons. The molecule has 1 amide bonds. The zero-order valence-corrected chi connectivity index (χ0v) is 18.0. The van der Waals surface area contributed by atoms with E-state index in [1.54, 1.807) is 6.92 Å². The van der Waals surface area contributed by atoms with Crippen LogP contribution in [0.4, 0.5) is 11.4 Å². The van der Waals surface area contributed by atoms with E-state index in [2.05, 4.69) is 10.4 Å². The number of ether oxygens (including phenoxy) is 1. The van der Waals surface area contributed by atoms with Gasteiger partial charge >= 0.3 is 5.69 Å².